The maximum atomic E-state index is 11.8. The minimum absolute atomic E-state index is 0.0554. The van der Waals surface area contributed by atoms with Gasteiger partial charge in [-0.15, -0.1) is 0 Å². The van der Waals surface area contributed by atoms with E-state index in [1.807, 2.05) is 12.1 Å². The Morgan fingerprint density at radius 1 is 1.16 bits per heavy atom. The maximum Gasteiger partial charge on any atom is 0.339 e. The normalized spacial score (nSPS) is 10.7. The molecule has 19 heavy (non-hydrogen) atoms. The Labute approximate surface area is 126 Å². The van der Waals surface area contributed by atoms with E-state index < -0.39 is 0 Å². The van der Waals surface area contributed by atoms with Gasteiger partial charge in [0.15, 0.2) is 0 Å². The molecule has 0 radical (unpaired) electrons. The second-order valence-corrected chi connectivity index (χ2v) is 5.23. The average Bonchev–Trinajstić information content (AvgIpc) is 2.39. The number of quaternary nitrogens is 1. The van der Waals surface area contributed by atoms with Gasteiger partial charge in [-0.2, -0.15) is 0 Å². The van der Waals surface area contributed by atoms with Gasteiger partial charge < -0.3 is 19.8 Å². The van der Waals surface area contributed by atoms with Crippen molar-refractivity contribution in [2.75, 3.05) is 39.5 Å². The summed E-state index contributed by atoms with van der Waals surface area (Å²) in [6, 6.07) is 7.25. The van der Waals surface area contributed by atoms with Gasteiger partial charge in [0.25, 0.3) is 0 Å². The largest absolute Gasteiger partial charge is 0.456 e. The van der Waals surface area contributed by atoms with Gasteiger partial charge in [-0.05, 0) is 34.7 Å². The summed E-state index contributed by atoms with van der Waals surface area (Å²) in [4.78, 5) is 12.8. The molecule has 0 heterocycles. The highest BCUT2D eigenvalue weighted by molar-refractivity contribution is 14.1. The summed E-state index contributed by atoms with van der Waals surface area (Å²) in [7, 11) is 0. The summed E-state index contributed by atoms with van der Waals surface area (Å²) < 4.78 is 6.07. The molecular formula is C13H19INO4+. The molecule has 0 aliphatic heterocycles. The Morgan fingerprint density at radius 3 is 2.37 bits per heavy atom. The molecule has 0 aromatic heterocycles. The van der Waals surface area contributed by atoms with Crippen molar-refractivity contribution in [3.63, 3.8) is 0 Å². The maximum absolute atomic E-state index is 11.8. The third-order valence-corrected chi connectivity index (χ3v) is 3.65. The number of carbonyl (C=O) groups is 1. The van der Waals surface area contributed by atoms with Gasteiger partial charge in [0, 0.05) is 3.57 Å². The van der Waals surface area contributed by atoms with Crippen LogP contribution in [0.5, 0.6) is 0 Å². The first kappa shape index (κ1) is 16.4. The molecule has 1 aromatic rings. The Morgan fingerprint density at radius 2 is 1.79 bits per heavy atom. The van der Waals surface area contributed by atoms with E-state index in [0.717, 1.165) is 8.47 Å². The minimum Gasteiger partial charge on any atom is -0.456 e. The van der Waals surface area contributed by atoms with Crippen LogP contribution in [-0.4, -0.2) is 55.6 Å². The van der Waals surface area contributed by atoms with Crippen molar-refractivity contribution in [3.05, 3.63) is 33.4 Å². The fourth-order valence-electron chi connectivity index (χ4n) is 1.68. The molecule has 0 bridgehead atoms. The van der Waals surface area contributed by atoms with Crippen molar-refractivity contribution >= 4 is 28.6 Å². The Hall–Kier alpha value is -0.700. The standard InChI is InChI=1S/C13H18INO4/c14-12-4-2-1-3-11(12)13(18)19-10-7-15(5-8-16)6-9-17/h1-4,16-17H,5-10H2/p+1. The summed E-state index contributed by atoms with van der Waals surface area (Å²) in [6.45, 7) is 2.05. The lowest BCUT2D eigenvalue weighted by molar-refractivity contribution is -0.900. The summed E-state index contributed by atoms with van der Waals surface area (Å²) in [5.74, 6) is -0.336. The second-order valence-electron chi connectivity index (χ2n) is 4.06. The lowest BCUT2D eigenvalue weighted by Crippen LogP contribution is -3.13. The number of halogens is 1. The predicted octanol–water partition coefficient (Wildman–Crippen LogP) is -0.682. The number of aliphatic hydroxyl groups is 2. The molecule has 0 unspecified atom stereocenters. The third-order valence-electron chi connectivity index (χ3n) is 2.71. The molecule has 0 atom stereocenters. The first-order chi connectivity index (χ1) is 9.19. The van der Waals surface area contributed by atoms with Gasteiger partial charge in [0.1, 0.15) is 26.2 Å². The number of nitrogens with one attached hydrogen (secondary N) is 1. The lowest BCUT2D eigenvalue weighted by atomic mass is 10.2. The Balaban J connectivity index is 2.40. The van der Waals surface area contributed by atoms with Crippen molar-refractivity contribution in [1.29, 1.82) is 0 Å². The summed E-state index contributed by atoms with van der Waals surface area (Å²) in [5.41, 5.74) is 0.564. The van der Waals surface area contributed by atoms with E-state index in [9.17, 15) is 4.79 Å². The molecule has 0 spiro atoms. The molecule has 106 valence electrons. The highest BCUT2D eigenvalue weighted by Crippen LogP contribution is 2.12. The van der Waals surface area contributed by atoms with Crippen LogP contribution in [0.25, 0.3) is 0 Å². The quantitative estimate of drug-likeness (QED) is 0.413. The van der Waals surface area contributed by atoms with Crippen molar-refractivity contribution in [3.8, 4) is 0 Å². The second kappa shape index (κ2) is 9.24. The van der Waals surface area contributed by atoms with E-state index in [2.05, 4.69) is 22.6 Å². The van der Waals surface area contributed by atoms with E-state index in [0.29, 0.717) is 25.2 Å². The van der Waals surface area contributed by atoms with E-state index in [1.165, 1.54) is 0 Å². The summed E-state index contributed by atoms with van der Waals surface area (Å²) in [6.07, 6.45) is 0. The van der Waals surface area contributed by atoms with Crippen molar-refractivity contribution in [1.82, 2.24) is 0 Å². The molecule has 0 aliphatic rings. The van der Waals surface area contributed by atoms with Crippen LogP contribution in [0.4, 0.5) is 0 Å². The average molecular weight is 380 g/mol. The first-order valence-electron chi connectivity index (χ1n) is 6.16. The molecule has 0 fully saturated rings. The van der Waals surface area contributed by atoms with Crippen molar-refractivity contribution in [2.45, 2.75) is 0 Å². The Kier molecular flexibility index (Phi) is 7.96. The topological polar surface area (TPSA) is 71.2 Å². The number of rotatable bonds is 8. The summed E-state index contributed by atoms with van der Waals surface area (Å²) >= 11 is 2.10. The molecule has 3 N–H and O–H groups in total. The third kappa shape index (κ3) is 5.85. The Bertz CT molecular complexity index is 394. The van der Waals surface area contributed by atoms with Crippen LogP contribution in [0.15, 0.2) is 24.3 Å². The zero-order valence-corrected chi connectivity index (χ0v) is 12.8. The highest BCUT2D eigenvalue weighted by Gasteiger charge is 2.12. The van der Waals surface area contributed by atoms with Gasteiger partial charge in [-0.25, -0.2) is 4.79 Å². The van der Waals surface area contributed by atoms with Gasteiger partial charge in [0.05, 0.1) is 18.8 Å². The number of esters is 1. The van der Waals surface area contributed by atoms with Crippen LogP contribution in [0.3, 0.4) is 0 Å². The number of hydrogen-bond donors (Lipinski definition) is 3. The zero-order chi connectivity index (χ0) is 14.1. The number of aliphatic hydroxyl groups excluding tert-OH is 2. The van der Waals surface area contributed by atoms with Crippen LogP contribution in [0.1, 0.15) is 10.4 Å². The molecule has 0 saturated heterocycles. The van der Waals surface area contributed by atoms with Crippen LogP contribution >= 0.6 is 22.6 Å². The predicted molar refractivity (Wildman–Crippen MR) is 79.2 cm³/mol. The number of carbonyl (C=O) groups excluding carboxylic acids is 1. The molecule has 0 aliphatic carbocycles. The molecule has 1 aromatic carbocycles. The van der Waals surface area contributed by atoms with Crippen LogP contribution in [-0.2, 0) is 4.74 Å². The fraction of sp³-hybridized carbons (Fsp3) is 0.462. The minimum atomic E-state index is -0.336. The lowest BCUT2D eigenvalue weighted by Gasteiger charge is -2.17. The van der Waals surface area contributed by atoms with E-state index in [4.69, 9.17) is 14.9 Å². The first-order valence-corrected chi connectivity index (χ1v) is 7.24. The van der Waals surface area contributed by atoms with Crippen LogP contribution in [0, 0.1) is 3.57 Å². The van der Waals surface area contributed by atoms with Gasteiger partial charge in [0.2, 0.25) is 0 Å². The van der Waals surface area contributed by atoms with Crippen molar-refractivity contribution < 1.29 is 24.6 Å². The van der Waals surface area contributed by atoms with E-state index in [-0.39, 0.29) is 25.8 Å². The van der Waals surface area contributed by atoms with Crippen molar-refractivity contribution in [2.24, 2.45) is 0 Å². The van der Waals surface area contributed by atoms with Crippen LogP contribution in [0.2, 0.25) is 0 Å². The molecule has 1 rings (SSSR count). The van der Waals surface area contributed by atoms with Gasteiger partial charge >= 0.3 is 5.97 Å². The molecule has 5 nitrogen and oxygen atoms in total. The molecular weight excluding hydrogens is 361 g/mol. The molecule has 0 saturated carbocycles. The van der Waals surface area contributed by atoms with E-state index in [1.54, 1.807) is 12.1 Å². The SMILES string of the molecule is O=C(OCC[NH+](CCO)CCO)c1ccccc1I. The van der Waals surface area contributed by atoms with Gasteiger partial charge in [-0.1, -0.05) is 12.1 Å². The van der Waals surface area contributed by atoms with Gasteiger partial charge in [-0.3, -0.25) is 0 Å². The molecule has 6 heteroatoms. The molecule has 0 amide bonds. The van der Waals surface area contributed by atoms with E-state index >= 15 is 0 Å². The number of ether oxygens (including phenoxy) is 1. The van der Waals surface area contributed by atoms with Crippen LogP contribution < -0.4 is 4.90 Å². The number of hydrogen-bond acceptors (Lipinski definition) is 4. The summed E-state index contributed by atoms with van der Waals surface area (Å²) in [5, 5.41) is 17.8. The smallest absolute Gasteiger partial charge is 0.339 e. The highest BCUT2D eigenvalue weighted by atomic mass is 127. The zero-order valence-electron chi connectivity index (χ0n) is 10.6. The number of benzene rings is 1. The monoisotopic (exact) mass is 380 g/mol. The fourth-order valence-corrected chi connectivity index (χ4v) is 2.29.